The fourth-order valence-corrected chi connectivity index (χ4v) is 26.3. The van der Waals surface area contributed by atoms with E-state index in [0.29, 0.717) is 5.82 Å². The highest BCUT2D eigenvalue weighted by atomic mass is 15.0. The van der Waals surface area contributed by atoms with Crippen LogP contribution in [-0.4, -0.2) is 37.4 Å². The standard InChI is InChI=1S/C137H92N8/c1-135(2)114-40-16-7-31-95(114)98-59-55-92(78-117(98)135)143-124-46-22-13-37-104(124)110-74-84(52-66-130(110)143)81-49-63-127-107(71-81)101-34-10-19-43-121(101)140(127)89-29-25-27-87(69-89)133-113-77-91(142-123-45-21-12-36-103(123)109-73-83(51-65-129(109)142)86-54-68-132-112(76-86)106-39-15-24-48-126(106)145(132)94-57-61-100-97-33-9-18-42-116(97)137(5,6)119(100)80-94)58-62-120(113)138-134(139-133)88-28-26-30-90(70-88)141-122-44-20-11-35-102(122)108-72-82(50-64-128(108)141)85-53-67-131-111(75-85)105-38-14-23-47-125(105)144(131)93-56-60-99-96-32-8-17-41-115(96)136(3,4)118(99)79-93/h7-80H,1-6H3. The van der Waals surface area contributed by atoms with E-state index < -0.39 is 0 Å². The molecule has 0 amide bonds. The molecular weight excluding hydrogens is 1760 g/mol. The highest BCUT2D eigenvalue weighted by Crippen LogP contribution is 2.55. The van der Waals surface area contributed by atoms with Gasteiger partial charge >= 0.3 is 0 Å². The minimum atomic E-state index is -0.128. The molecule has 680 valence electrons. The maximum atomic E-state index is 5.93. The number of nitrogens with zero attached hydrogens (tertiary/aromatic N) is 8. The monoisotopic (exact) mass is 1850 g/mol. The molecule has 28 aromatic rings. The number of benzene rings is 21. The average molecular weight is 1850 g/mol. The highest BCUT2D eigenvalue weighted by Gasteiger charge is 2.40. The van der Waals surface area contributed by atoms with Gasteiger partial charge in [0.25, 0.3) is 0 Å². The number of aromatic nitrogens is 8. The van der Waals surface area contributed by atoms with E-state index in [1.54, 1.807) is 0 Å². The molecule has 0 spiro atoms. The molecule has 0 fully saturated rings. The first-order valence-corrected chi connectivity index (χ1v) is 50.6. The summed E-state index contributed by atoms with van der Waals surface area (Å²) >= 11 is 0. The molecule has 31 rings (SSSR count). The quantitative estimate of drug-likeness (QED) is 0.130. The molecule has 145 heavy (non-hydrogen) atoms. The first kappa shape index (κ1) is 81.6. The SMILES string of the molecule is CC1(C)c2ccccc2-c2ccc(-n3c4ccccc4c4cc(-c5ccc6c(c5)c5ccccc5n6-c5cccc(-c6nc(-c7cccc(-n8c9ccccc9c9cc(-c%10ccc%11c(c%10)c%10ccccc%10n%11-c%10ccc%11c(c%10)C(C)(C)c%10ccccc%10-%11)ccc98)c7)c7cc(-n8c9ccccc9c9cc(-c%10ccc%11c(c%10)c%10ccccc%10n%11-c%10ccc%11c(c%10)C(C)(C)c%10ccccc%10-%11)ccc98)ccc7n6)c5)ccc43)cc21. The summed E-state index contributed by atoms with van der Waals surface area (Å²) in [6.07, 6.45) is 0. The van der Waals surface area contributed by atoms with Crippen LogP contribution in [0.15, 0.2) is 449 Å². The van der Waals surface area contributed by atoms with Gasteiger partial charge in [-0.05, 0) is 288 Å². The number of fused-ring (bicyclic) bond motifs is 28. The molecule has 0 aliphatic heterocycles. The molecule has 0 saturated heterocycles. The lowest BCUT2D eigenvalue weighted by Gasteiger charge is -2.22. The normalized spacial score (nSPS) is 13.8. The van der Waals surface area contributed by atoms with Gasteiger partial charge in [-0.3, -0.25) is 0 Å². The number of hydrogen-bond acceptors (Lipinski definition) is 2. The zero-order chi connectivity index (χ0) is 95.9. The third kappa shape index (κ3) is 11.6. The van der Waals surface area contributed by atoms with Gasteiger partial charge in [-0.15, -0.1) is 0 Å². The fraction of sp³-hybridized carbons (Fsp3) is 0.0657. The van der Waals surface area contributed by atoms with Gasteiger partial charge in [0.05, 0.1) is 77.4 Å². The van der Waals surface area contributed by atoms with Crippen LogP contribution >= 0.6 is 0 Å². The molecule has 8 nitrogen and oxygen atoms in total. The smallest absolute Gasteiger partial charge is 0.160 e. The molecule has 0 atom stereocenters. The van der Waals surface area contributed by atoms with Gasteiger partial charge in [0.2, 0.25) is 0 Å². The van der Waals surface area contributed by atoms with Crippen molar-refractivity contribution in [1.29, 1.82) is 0 Å². The first-order valence-electron chi connectivity index (χ1n) is 50.6. The van der Waals surface area contributed by atoms with Gasteiger partial charge in [-0.2, -0.15) is 0 Å². The third-order valence-corrected chi connectivity index (χ3v) is 33.2. The van der Waals surface area contributed by atoms with Crippen LogP contribution < -0.4 is 0 Å². The summed E-state index contributed by atoms with van der Waals surface area (Å²) in [7, 11) is 0. The van der Waals surface area contributed by atoms with E-state index in [0.717, 1.165) is 100 Å². The molecule has 8 heteroatoms. The Kier molecular flexibility index (Phi) is 16.8. The summed E-state index contributed by atoms with van der Waals surface area (Å²) in [5, 5.41) is 15.3. The summed E-state index contributed by atoms with van der Waals surface area (Å²) in [6.45, 7) is 14.2. The van der Waals surface area contributed by atoms with Gasteiger partial charge in [-0.1, -0.05) is 302 Å². The van der Waals surface area contributed by atoms with Crippen LogP contribution in [-0.2, 0) is 16.2 Å². The van der Waals surface area contributed by atoms with Crippen molar-refractivity contribution in [2.24, 2.45) is 0 Å². The Morgan fingerprint density at radius 3 is 0.703 bits per heavy atom. The Morgan fingerprint density at radius 1 is 0.152 bits per heavy atom. The Balaban J connectivity index is 0.533. The van der Waals surface area contributed by atoms with E-state index >= 15 is 0 Å². The van der Waals surface area contributed by atoms with Crippen molar-refractivity contribution in [3.8, 4) is 124 Å². The summed E-state index contributed by atoms with van der Waals surface area (Å²) in [5.74, 6) is 0.629. The summed E-state index contributed by atoms with van der Waals surface area (Å²) in [5.41, 5.74) is 46.7. The molecule has 21 aromatic carbocycles. The van der Waals surface area contributed by atoms with Crippen LogP contribution in [0, 0.1) is 0 Å². The van der Waals surface area contributed by atoms with Crippen molar-refractivity contribution in [2.45, 2.75) is 57.8 Å². The average Bonchev–Trinajstić information content (AvgIpc) is 1.58. The Morgan fingerprint density at radius 2 is 0.393 bits per heavy atom. The van der Waals surface area contributed by atoms with Crippen LogP contribution in [0.5, 0.6) is 0 Å². The minimum Gasteiger partial charge on any atom is -0.309 e. The molecule has 3 aliphatic carbocycles. The zero-order valence-corrected chi connectivity index (χ0v) is 80.8. The largest absolute Gasteiger partial charge is 0.309 e. The van der Waals surface area contributed by atoms with Gasteiger partial charge in [0, 0.05) is 132 Å². The molecule has 3 aliphatic rings. The second-order valence-corrected chi connectivity index (χ2v) is 41.9. The van der Waals surface area contributed by atoms with Crippen LogP contribution in [0.25, 0.3) is 265 Å². The minimum absolute atomic E-state index is 0.123. The van der Waals surface area contributed by atoms with Crippen molar-refractivity contribution in [3.63, 3.8) is 0 Å². The molecular formula is C137H92N8. The molecule has 7 heterocycles. The Hall–Kier alpha value is -18.2. The van der Waals surface area contributed by atoms with E-state index in [1.165, 1.54) is 193 Å². The summed E-state index contributed by atoms with van der Waals surface area (Å²) in [4.78, 5) is 11.6. The fourth-order valence-electron chi connectivity index (χ4n) is 26.3. The van der Waals surface area contributed by atoms with E-state index in [-0.39, 0.29) is 16.2 Å². The predicted octanol–water partition coefficient (Wildman–Crippen LogP) is 35.5. The first-order chi connectivity index (χ1) is 71.1. The van der Waals surface area contributed by atoms with E-state index in [4.69, 9.17) is 9.97 Å². The topological polar surface area (TPSA) is 55.4 Å². The van der Waals surface area contributed by atoms with Crippen LogP contribution in [0.4, 0.5) is 0 Å². The maximum Gasteiger partial charge on any atom is 0.160 e. The van der Waals surface area contributed by atoms with Gasteiger partial charge in [0.15, 0.2) is 5.82 Å². The summed E-state index contributed by atoms with van der Waals surface area (Å²) < 4.78 is 14.7. The molecule has 0 unspecified atom stereocenters. The molecule has 0 radical (unpaired) electrons. The number of rotatable bonds is 11. The molecule has 7 aromatic heterocycles. The van der Waals surface area contributed by atoms with Crippen LogP contribution in [0.3, 0.4) is 0 Å². The predicted molar refractivity (Wildman–Crippen MR) is 605 cm³/mol. The zero-order valence-electron chi connectivity index (χ0n) is 80.8. The van der Waals surface area contributed by atoms with E-state index in [2.05, 4.69) is 518 Å². The van der Waals surface area contributed by atoms with Crippen LogP contribution in [0.1, 0.15) is 74.9 Å². The van der Waals surface area contributed by atoms with E-state index in [1.807, 2.05) is 0 Å². The van der Waals surface area contributed by atoms with Gasteiger partial charge in [-0.25, -0.2) is 9.97 Å². The van der Waals surface area contributed by atoms with Crippen molar-refractivity contribution in [1.82, 2.24) is 37.4 Å². The molecule has 0 bridgehead atoms. The van der Waals surface area contributed by atoms with Crippen molar-refractivity contribution >= 4 is 142 Å². The van der Waals surface area contributed by atoms with Gasteiger partial charge < -0.3 is 27.4 Å². The number of hydrogen-bond donors (Lipinski definition) is 0. The second-order valence-electron chi connectivity index (χ2n) is 41.9. The van der Waals surface area contributed by atoms with Crippen LogP contribution in [0.2, 0.25) is 0 Å². The second kappa shape index (κ2) is 29.9. The van der Waals surface area contributed by atoms with E-state index in [9.17, 15) is 0 Å². The lowest BCUT2D eigenvalue weighted by Crippen LogP contribution is -2.15. The molecule has 0 saturated carbocycles. The third-order valence-electron chi connectivity index (χ3n) is 33.2. The Labute approximate surface area is 836 Å². The maximum absolute atomic E-state index is 5.93. The Bertz CT molecular complexity index is 10600. The lowest BCUT2D eigenvalue weighted by molar-refractivity contribution is 0.660. The van der Waals surface area contributed by atoms with Crippen molar-refractivity contribution < 1.29 is 0 Å². The molecule has 0 N–H and O–H groups in total. The highest BCUT2D eigenvalue weighted by molar-refractivity contribution is 6.18. The van der Waals surface area contributed by atoms with Gasteiger partial charge in [0.1, 0.15) is 0 Å². The lowest BCUT2D eigenvalue weighted by atomic mass is 9.82. The van der Waals surface area contributed by atoms with Crippen molar-refractivity contribution in [3.05, 3.63) is 482 Å². The number of para-hydroxylation sites is 6. The summed E-state index contributed by atoms with van der Waals surface area (Å²) in [6, 6.07) is 169. The van der Waals surface area contributed by atoms with Crippen molar-refractivity contribution in [2.75, 3.05) is 0 Å².